The Morgan fingerprint density at radius 1 is 1.38 bits per heavy atom. The smallest absolute Gasteiger partial charge is 0.156 e. The number of hydrogen-bond acceptors (Lipinski definition) is 5. The minimum absolute atomic E-state index is 0.288. The molecular weight excluding hydrogens is 204 g/mol. The highest BCUT2D eigenvalue weighted by molar-refractivity contribution is 5.11. The van der Waals surface area contributed by atoms with E-state index in [1.54, 1.807) is 12.4 Å². The Hall–Kier alpha value is -1.20. The predicted molar refractivity (Wildman–Crippen MR) is 59.3 cm³/mol. The lowest BCUT2D eigenvalue weighted by Crippen LogP contribution is -2.47. The van der Waals surface area contributed by atoms with Crippen LogP contribution in [0.4, 0.5) is 0 Å². The van der Waals surface area contributed by atoms with Crippen molar-refractivity contribution in [3.05, 3.63) is 18.7 Å². The van der Waals surface area contributed by atoms with Crippen molar-refractivity contribution in [1.29, 1.82) is 0 Å². The van der Waals surface area contributed by atoms with Crippen LogP contribution in [0.3, 0.4) is 0 Å². The highest BCUT2D eigenvalue weighted by atomic mass is 16.5. The topological polar surface area (TPSA) is 50.3 Å². The van der Waals surface area contributed by atoms with Gasteiger partial charge < -0.3 is 10.1 Å². The quantitative estimate of drug-likeness (QED) is 0.754. The Bertz CT molecular complexity index is 331. The van der Waals surface area contributed by atoms with Crippen LogP contribution in [0.25, 0.3) is 0 Å². The molecule has 5 heteroatoms. The summed E-state index contributed by atoms with van der Waals surface area (Å²) < 4.78 is 5.87. The van der Waals surface area contributed by atoms with E-state index in [9.17, 15) is 0 Å². The van der Waals surface area contributed by atoms with Crippen LogP contribution in [0, 0.1) is 0 Å². The van der Waals surface area contributed by atoms with Crippen LogP contribution in [0.2, 0.25) is 0 Å². The van der Waals surface area contributed by atoms with Gasteiger partial charge in [0.1, 0.15) is 12.4 Å². The van der Waals surface area contributed by atoms with E-state index in [2.05, 4.69) is 20.2 Å². The first-order valence-corrected chi connectivity index (χ1v) is 5.78. The van der Waals surface area contributed by atoms with Gasteiger partial charge >= 0.3 is 0 Å². The fourth-order valence-electron chi connectivity index (χ4n) is 2.54. The molecule has 0 aliphatic carbocycles. The van der Waals surface area contributed by atoms with Gasteiger partial charge in [0.2, 0.25) is 0 Å². The molecule has 3 heterocycles. The standard InChI is InChI=1S/C11H16N4O/c1-2-15-7-10(3-9(15)4-12-1)16-11-5-13-8-14-6-11/h5-6,8-10,12H,1-4,7H2/t9-,10-/m0/s1. The highest BCUT2D eigenvalue weighted by Crippen LogP contribution is 2.22. The fraction of sp³-hybridized carbons (Fsp3) is 0.636. The van der Waals surface area contributed by atoms with Crippen molar-refractivity contribution in [3.8, 4) is 5.75 Å². The van der Waals surface area contributed by atoms with E-state index in [4.69, 9.17) is 4.74 Å². The molecule has 2 atom stereocenters. The van der Waals surface area contributed by atoms with Crippen molar-refractivity contribution in [1.82, 2.24) is 20.2 Å². The van der Waals surface area contributed by atoms with Crippen LogP contribution in [-0.4, -0.2) is 53.2 Å². The van der Waals surface area contributed by atoms with Gasteiger partial charge in [-0.25, -0.2) is 9.97 Å². The molecule has 0 unspecified atom stereocenters. The Balaban J connectivity index is 1.61. The molecule has 0 radical (unpaired) electrons. The summed E-state index contributed by atoms with van der Waals surface area (Å²) in [7, 11) is 0. The number of nitrogens with one attached hydrogen (secondary N) is 1. The lowest BCUT2D eigenvalue weighted by molar-refractivity contribution is 0.186. The van der Waals surface area contributed by atoms with E-state index in [-0.39, 0.29) is 6.10 Å². The molecule has 2 aliphatic heterocycles. The van der Waals surface area contributed by atoms with Gasteiger partial charge in [0.25, 0.3) is 0 Å². The maximum atomic E-state index is 5.87. The SMILES string of the molecule is c1ncc(O[C@H]2C[C@H]3CNCCN3C2)cn1. The van der Waals surface area contributed by atoms with Crippen molar-refractivity contribution < 1.29 is 4.74 Å². The van der Waals surface area contributed by atoms with Gasteiger partial charge in [0, 0.05) is 38.6 Å². The van der Waals surface area contributed by atoms with Gasteiger partial charge in [-0.1, -0.05) is 0 Å². The molecule has 0 spiro atoms. The predicted octanol–water partition coefficient (Wildman–Crippen LogP) is -0.0985. The van der Waals surface area contributed by atoms with E-state index in [1.165, 1.54) is 6.33 Å². The Morgan fingerprint density at radius 3 is 3.06 bits per heavy atom. The summed E-state index contributed by atoms with van der Waals surface area (Å²) in [5.74, 6) is 0.778. The van der Waals surface area contributed by atoms with E-state index in [0.717, 1.165) is 38.3 Å². The van der Waals surface area contributed by atoms with Crippen LogP contribution in [-0.2, 0) is 0 Å². The Labute approximate surface area is 94.8 Å². The molecule has 1 N–H and O–H groups in total. The average Bonchev–Trinajstić information content (AvgIpc) is 2.72. The number of hydrogen-bond donors (Lipinski definition) is 1. The van der Waals surface area contributed by atoms with Gasteiger partial charge in [-0.15, -0.1) is 0 Å². The molecule has 2 aliphatic rings. The van der Waals surface area contributed by atoms with Crippen LogP contribution in [0.5, 0.6) is 5.75 Å². The molecule has 2 saturated heterocycles. The fourth-order valence-corrected chi connectivity index (χ4v) is 2.54. The van der Waals surface area contributed by atoms with Gasteiger partial charge in [-0.2, -0.15) is 0 Å². The van der Waals surface area contributed by atoms with Crippen molar-refractivity contribution in [2.24, 2.45) is 0 Å². The molecule has 0 aromatic carbocycles. The van der Waals surface area contributed by atoms with Crippen molar-refractivity contribution in [2.75, 3.05) is 26.2 Å². The van der Waals surface area contributed by atoms with E-state index in [0.29, 0.717) is 6.04 Å². The van der Waals surface area contributed by atoms with Gasteiger partial charge in [0.05, 0.1) is 12.4 Å². The zero-order chi connectivity index (χ0) is 10.8. The Kier molecular flexibility index (Phi) is 2.71. The Morgan fingerprint density at radius 2 is 2.25 bits per heavy atom. The maximum absolute atomic E-state index is 5.87. The minimum atomic E-state index is 0.288. The third kappa shape index (κ3) is 2.01. The summed E-state index contributed by atoms with van der Waals surface area (Å²) >= 11 is 0. The number of fused-ring (bicyclic) bond motifs is 1. The third-order valence-corrected chi connectivity index (χ3v) is 3.28. The van der Waals surface area contributed by atoms with Crippen LogP contribution >= 0.6 is 0 Å². The summed E-state index contributed by atoms with van der Waals surface area (Å²) in [6.45, 7) is 4.35. The van der Waals surface area contributed by atoms with Crippen LogP contribution < -0.4 is 10.1 Å². The normalized spacial score (nSPS) is 30.0. The molecule has 3 rings (SSSR count). The first-order chi connectivity index (χ1) is 7.92. The van der Waals surface area contributed by atoms with Crippen LogP contribution in [0.1, 0.15) is 6.42 Å². The zero-order valence-corrected chi connectivity index (χ0v) is 9.17. The molecule has 0 bridgehead atoms. The van der Waals surface area contributed by atoms with E-state index >= 15 is 0 Å². The summed E-state index contributed by atoms with van der Waals surface area (Å²) in [5, 5.41) is 3.42. The number of aromatic nitrogens is 2. The number of nitrogens with zero attached hydrogens (tertiary/aromatic N) is 3. The average molecular weight is 220 g/mol. The van der Waals surface area contributed by atoms with E-state index < -0.39 is 0 Å². The number of ether oxygens (including phenoxy) is 1. The molecule has 16 heavy (non-hydrogen) atoms. The first-order valence-electron chi connectivity index (χ1n) is 5.78. The number of rotatable bonds is 2. The lowest BCUT2D eigenvalue weighted by Gasteiger charge is -2.29. The second-order valence-corrected chi connectivity index (χ2v) is 4.40. The van der Waals surface area contributed by atoms with Gasteiger partial charge in [-0.05, 0) is 0 Å². The maximum Gasteiger partial charge on any atom is 0.156 e. The lowest BCUT2D eigenvalue weighted by atomic mass is 10.2. The molecule has 1 aromatic heterocycles. The van der Waals surface area contributed by atoms with Crippen molar-refractivity contribution in [3.63, 3.8) is 0 Å². The molecule has 2 fully saturated rings. The second-order valence-electron chi connectivity index (χ2n) is 4.40. The molecule has 1 aromatic rings. The zero-order valence-electron chi connectivity index (χ0n) is 9.17. The summed E-state index contributed by atoms with van der Waals surface area (Å²) in [4.78, 5) is 10.4. The summed E-state index contributed by atoms with van der Waals surface area (Å²) in [6.07, 6.45) is 6.36. The third-order valence-electron chi connectivity index (χ3n) is 3.28. The van der Waals surface area contributed by atoms with Crippen molar-refractivity contribution in [2.45, 2.75) is 18.6 Å². The summed E-state index contributed by atoms with van der Waals surface area (Å²) in [6, 6.07) is 0.642. The highest BCUT2D eigenvalue weighted by Gasteiger charge is 2.34. The van der Waals surface area contributed by atoms with Crippen LogP contribution in [0.15, 0.2) is 18.7 Å². The number of piperazine rings is 1. The van der Waals surface area contributed by atoms with Gasteiger partial charge in [0.15, 0.2) is 5.75 Å². The summed E-state index contributed by atoms with van der Waals surface area (Å²) in [5.41, 5.74) is 0. The molecule has 0 amide bonds. The monoisotopic (exact) mass is 220 g/mol. The molecule has 0 saturated carbocycles. The molecular formula is C11H16N4O. The van der Waals surface area contributed by atoms with E-state index in [1.807, 2.05) is 0 Å². The second kappa shape index (κ2) is 4.35. The molecule has 5 nitrogen and oxygen atoms in total. The molecule has 86 valence electrons. The van der Waals surface area contributed by atoms with Crippen molar-refractivity contribution >= 4 is 0 Å². The minimum Gasteiger partial charge on any atom is -0.486 e. The first kappa shape index (κ1) is 9.99. The largest absolute Gasteiger partial charge is 0.486 e. The van der Waals surface area contributed by atoms with Gasteiger partial charge in [-0.3, -0.25) is 4.90 Å².